The Morgan fingerprint density at radius 1 is 1.00 bits per heavy atom. The second-order valence-corrected chi connectivity index (χ2v) is 4.11. The van der Waals surface area contributed by atoms with Crippen molar-refractivity contribution in [2.24, 2.45) is 0 Å². The van der Waals surface area contributed by atoms with Gasteiger partial charge in [-0.25, -0.2) is 5.48 Å². The molecule has 0 aliphatic carbocycles. The first kappa shape index (κ1) is 11.5. The third kappa shape index (κ3) is 1.88. The minimum atomic E-state index is -0.657. The lowest BCUT2D eigenvalue weighted by Gasteiger charge is -2.01. The molecule has 0 radical (unpaired) electrons. The lowest BCUT2D eigenvalue weighted by Crippen LogP contribution is -2.18. The van der Waals surface area contributed by atoms with E-state index in [1.807, 2.05) is 48.5 Å². The number of benzene rings is 2. The summed E-state index contributed by atoms with van der Waals surface area (Å²) in [6, 6.07) is 16.8. The van der Waals surface area contributed by atoms with E-state index in [-0.39, 0.29) is 5.76 Å². The molecule has 94 valence electrons. The summed E-state index contributed by atoms with van der Waals surface area (Å²) in [5.41, 5.74) is 3.78. The van der Waals surface area contributed by atoms with Crippen molar-refractivity contribution in [3.8, 4) is 11.1 Å². The van der Waals surface area contributed by atoms with Crippen molar-refractivity contribution in [2.45, 2.75) is 0 Å². The first-order chi connectivity index (χ1) is 9.31. The first-order valence-electron chi connectivity index (χ1n) is 5.82. The van der Waals surface area contributed by atoms with Crippen LogP contribution in [0.4, 0.5) is 0 Å². The molecule has 19 heavy (non-hydrogen) atoms. The summed E-state index contributed by atoms with van der Waals surface area (Å²) in [5.74, 6) is -0.551. The summed E-state index contributed by atoms with van der Waals surface area (Å²) in [7, 11) is 0. The molecule has 1 heterocycles. The van der Waals surface area contributed by atoms with Crippen LogP contribution in [0.5, 0.6) is 0 Å². The van der Waals surface area contributed by atoms with E-state index in [0.717, 1.165) is 10.9 Å². The van der Waals surface area contributed by atoms with Gasteiger partial charge in [-0.15, -0.1) is 0 Å². The molecule has 4 nitrogen and oxygen atoms in total. The van der Waals surface area contributed by atoms with Crippen LogP contribution in [-0.4, -0.2) is 11.1 Å². The molecule has 0 bridgehead atoms. The van der Waals surface area contributed by atoms with Gasteiger partial charge in [0, 0.05) is 10.9 Å². The lowest BCUT2D eigenvalue weighted by molar-refractivity contribution is 0.0679. The van der Waals surface area contributed by atoms with Gasteiger partial charge in [0.05, 0.1) is 0 Å². The molecule has 2 aromatic carbocycles. The van der Waals surface area contributed by atoms with Crippen LogP contribution in [0.2, 0.25) is 0 Å². The Kier molecular flexibility index (Phi) is 2.78. The molecule has 0 fully saturated rings. The second kappa shape index (κ2) is 4.59. The van der Waals surface area contributed by atoms with Crippen molar-refractivity contribution in [3.63, 3.8) is 0 Å². The Bertz CT molecular complexity index is 731. The van der Waals surface area contributed by atoms with Crippen molar-refractivity contribution >= 4 is 16.9 Å². The molecule has 2 N–H and O–H groups in total. The quantitative estimate of drug-likeness (QED) is 0.544. The van der Waals surface area contributed by atoms with Crippen LogP contribution in [0.1, 0.15) is 10.6 Å². The number of amides is 1. The number of hydrogen-bond donors (Lipinski definition) is 2. The van der Waals surface area contributed by atoms with Gasteiger partial charge in [0.2, 0.25) is 5.76 Å². The zero-order valence-corrected chi connectivity index (χ0v) is 9.96. The van der Waals surface area contributed by atoms with E-state index < -0.39 is 5.91 Å². The molecule has 3 rings (SSSR count). The zero-order valence-electron chi connectivity index (χ0n) is 9.96. The minimum absolute atomic E-state index is 0.106. The largest absolute Gasteiger partial charge is 0.450 e. The maximum atomic E-state index is 11.7. The fourth-order valence-electron chi connectivity index (χ4n) is 2.15. The number of hydrogen-bond acceptors (Lipinski definition) is 3. The van der Waals surface area contributed by atoms with Gasteiger partial charge in [-0.1, -0.05) is 48.5 Å². The number of rotatable bonds is 2. The van der Waals surface area contributed by atoms with Gasteiger partial charge in [-0.3, -0.25) is 10.0 Å². The third-order valence-electron chi connectivity index (χ3n) is 2.97. The van der Waals surface area contributed by atoms with Crippen LogP contribution in [-0.2, 0) is 0 Å². The van der Waals surface area contributed by atoms with E-state index in [1.165, 1.54) is 0 Å². The van der Waals surface area contributed by atoms with E-state index >= 15 is 0 Å². The Hall–Kier alpha value is -2.59. The van der Waals surface area contributed by atoms with Gasteiger partial charge in [0.1, 0.15) is 5.58 Å². The molecular formula is C15H11NO3. The fourth-order valence-corrected chi connectivity index (χ4v) is 2.15. The summed E-state index contributed by atoms with van der Waals surface area (Å²) < 4.78 is 5.53. The molecule has 1 aromatic heterocycles. The summed E-state index contributed by atoms with van der Waals surface area (Å²) in [4.78, 5) is 11.7. The molecular weight excluding hydrogens is 242 g/mol. The van der Waals surface area contributed by atoms with E-state index in [1.54, 1.807) is 11.5 Å². The average Bonchev–Trinajstić information content (AvgIpc) is 2.86. The van der Waals surface area contributed by atoms with Crippen LogP contribution in [0.25, 0.3) is 22.1 Å². The number of fused-ring (bicyclic) bond motifs is 1. The summed E-state index contributed by atoms with van der Waals surface area (Å²) in [6.45, 7) is 0. The highest BCUT2D eigenvalue weighted by molar-refractivity contribution is 6.07. The highest BCUT2D eigenvalue weighted by Gasteiger charge is 2.20. The van der Waals surface area contributed by atoms with Crippen LogP contribution >= 0.6 is 0 Å². The molecule has 0 spiro atoms. The standard InChI is InChI=1S/C15H11NO3/c17-15(16-18)14-13(10-6-2-1-3-7-10)11-8-4-5-9-12(11)19-14/h1-9,18H,(H,16,17). The van der Waals surface area contributed by atoms with E-state index in [9.17, 15) is 4.79 Å². The molecule has 0 saturated carbocycles. The van der Waals surface area contributed by atoms with Gasteiger partial charge in [-0.2, -0.15) is 0 Å². The molecule has 0 aliphatic rings. The smallest absolute Gasteiger partial charge is 0.311 e. The Balaban J connectivity index is 2.34. The van der Waals surface area contributed by atoms with Crippen LogP contribution in [0.3, 0.4) is 0 Å². The number of carbonyl (C=O) groups is 1. The van der Waals surface area contributed by atoms with E-state index in [4.69, 9.17) is 9.62 Å². The first-order valence-corrected chi connectivity index (χ1v) is 5.82. The lowest BCUT2D eigenvalue weighted by atomic mass is 10.0. The monoisotopic (exact) mass is 253 g/mol. The zero-order chi connectivity index (χ0) is 13.2. The number of hydroxylamine groups is 1. The molecule has 0 saturated heterocycles. The summed E-state index contributed by atoms with van der Waals surface area (Å²) in [6.07, 6.45) is 0. The van der Waals surface area contributed by atoms with E-state index in [2.05, 4.69) is 0 Å². The minimum Gasteiger partial charge on any atom is -0.450 e. The highest BCUT2D eigenvalue weighted by atomic mass is 16.5. The molecule has 1 amide bonds. The highest BCUT2D eigenvalue weighted by Crippen LogP contribution is 2.34. The van der Waals surface area contributed by atoms with Crippen LogP contribution in [0, 0.1) is 0 Å². The second-order valence-electron chi connectivity index (χ2n) is 4.11. The van der Waals surface area contributed by atoms with Crippen molar-refractivity contribution in [3.05, 3.63) is 60.4 Å². The summed E-state index contributed by atoms with van der Waals surface area (Å²) in [5, 5.41) is 9.67. The summed E-state index contributed by atoms with van der Waals surface area (Å²) >= 11 is 0. The van der Waals surface area contributed by atoms with Crippen LogP contribution < -0.4 is 5.48 Å². The maximum Gasteiger partial charge on any atom is 0.311 e. The SMILES string of the molecule is O=C(NO)c1oc2ccccc2c1-c1ccccc1. The van der Waals surface area contributed by atoms with Crippen molar-refractivity contribution in [1.29, 1.82) is 0 Å². The normalized spacial score (nSPS) is 10.6. The molecule has 4 heteroatoms. The van der Waals surface area contributed by atoms with Gasteiger partial charge in [0.15, 0.2) is 0 Å². The molecule has 3 aromatic rings. The van der Waals surface area contributed by atoms with Gasteiger partial charge in [-0.05, 0) is 11.6 Å². The molecule has 0 atom stereocenters. The van der Waals surface area contributed by atoms with Crippen molar-refractivity contribution in [1.82, 2.24) is 5.48 Å². The van der Waals surface area contributed by atoms with Crippen molar-refractivity contribution < 1.29 is 14.4 Å². The number of carbonyl (C=O) groups excluding carboxylic acids is 1. The average molecular weight is 253 g/mol. The molecule has 0 aliphatic heterocycles. The number of para-hydroxylation sites is 1. The van der Waals surface area contributed by atoms with E-state index in [0.29, 0.717) is 11.1 Å². The maximum absolute atomic E-state index is 11.7. The molecule has 0 unspecified atom stereocenters. The topological polar surface area (TPSA) is 62.5 Å². The number of nitrogens with one attached hydrogen (secondary N) is 1. The number of furan rings is 1. The Morgan fingerprint density at radius 3 is 2.42 bits per heavy atom. The van der Waals surface area contributed by atoms with Gasteiger partial charge in [0.25, 0.3) is 0 Å². The predicted molar refractivity (Wildman–Crippen MR) is 70.9 cm³/mol. The Labute approximate surface area is 109 Å². The predicted octanol–water partition coefficient (Wildman–Crippen LogP) is 3.22. The third-order valence-corrected chi connectivity index (χ3v) is 2.97. The van der Waals surface area contributed by atoms with Gasteiger partial charge < -0.3 is 4.42 Å². The van der Waals surface area contributed by atoms with Crippen LogP contribution in [0.15, 0.2) is 59.0 Å². The fraction of sp³-hybridized carbons (Fsp3) is 0. The Morgan fingerprint density at radius 2 is 1.68 bits per heavy atom. The van der Waals surface area contributed by atoms with Gasteiger partial charge >= 0.3 is 5.91 Å². The van der Waals surface area contributed by atoms with Crippen molar-refractivity contribution in [2.75, 3.05) is 0 Å².